The van der Waals surface area contributed by atoms with E-state index in [0.717, 1.165) is 6.42 Å². The number of ether oxygens (including phenoxy) is 2. The van der Waals surface area contributed by atoms with Gasteiger partial charge in [0.1, 0.15) is 17.3 Å². The number of methoxy groups -OCH3 is 2. The first-order valence-electron chi connectivity index (χ1n) is 9.90. The maximum absolute atomic E-state index is 13.5. The van der Waals surface area contributed by atoms with Crippen molar-refractivity contribution in [3.63, 3.8) is 0 Å². The monoisotopic (exact) mass is 418 g/mol. The zero-order valence-corrected chi connectivity index (χ0v) is 18.2. The summed E-state index contributed by atoms with van der Waals surface area (Å²) in [5.74, 6) is 0.449. The number of carbonyl (C=O) groups is 1. The number of aromatic amines is 1. The summed E-state index contributed by atoms with van der Waals surface area (Å²) >= 11 is 0. The summed E-state index contributed by atoms with van der Waals surface area (Å²) in [6.07, 6.45) is 1.55. The van der Waals surface area contributed by atoms with Gasteiger partial charge in [-0.15, -0.1) is 0 Å². The summed E-state index contributed by atoms with van der Waals surface area (Å²) in [7, 11) is 2.97. The van der Waals surface area contributed by atoms with Crippen LogP contribution in [0.4, 0.5) is 11.5 Å². The molecule has 0 radical (unpaired) electrons. The molecular weight excluding hydrogens is 388 g/mol. The Morgan fingerprint density at radius 2 is 1.77 bits per heavy atom. The summed E-state index contributed by atoms with van der Waals surface area (Å²) in [6, 6.07) is 4.78. The maximum atomic E-state index is 13.5. The van der Waals surface area contributed by atoms with Crippen LogP contribution in [-0.2, 0) is 6.54 Å². The van der Waals surface area contributed by atoms with Crippen LogP contribution in [0.15, 0.2) is 27.8 Å². The van der Waals surface area contributed by atoms with E-state index >= 15 is 0 Å². The summed E-state index contributed by atoms with van der Waals surface area (Å²) < 4.78 is 11.8. The summed E-state index contributed by atoms with van der Waals surface area (Å²) in [5.41, 5.74) is 5.18. The molecule has 0 atom stereocenters. The van der Waals surface area contributed by atoms with E-state index in [1.165, 1.54) is 23.7 Å². The van der Waals surface area contributed by atoms with Crippen molar-refractivity contribution >= 4 is 17.4 Å². The second kappa shape index (κ2) is 10.00. The van der Waals surface area contributed by atoms with Gasteiger partial charge in [0.2, 0.25) is 0 Å². The molecule has 0 aliphatic heterocycles. The fraction of sp³-hybridized carbons (Fsp3) is 0.476. The lowest BCUT2D eigenvalue weighted by atomic mass is 10.1. The molecule has 0 saturated carbocycles. The zero-order valence-electron chi connectivity index (χ0n) is 18.2. The molecular formula is C21H30N4O5. The van der Waals surface area contributed by atoms with Gasteiger partial charge in [0.05, 0.1) is 14.2 Å². The minimum atomic E-state index is -0.700. The molecule has 1 heterocycles. The number of nitrogens with zero attached hydrogens (tertiary/aromatic N) is 2. The highest BCUT2D eigenvalue weighted by Gasteiger charge is 2.26. The number of hydrogen-bond acceptors (Lipinski definition) is 6. The number of unbranched alkanes of at least 4 members (excludes halogenated alkanes) is 1. The highest BCUT2D eigenvalue weighted by Crippen LogP contribution is 2.26. The molecule has 0 bridgehead atoms. The molecule has 0 aliphatic rings. The number of rotatable bonds is 9. The van der Waals surface area contributed by atoms with Gasteiger partial charge in [-0.2, -0.15) is 0 Å². The molecule has 0 saturated heterocycles. The minimum Gasteiger partial charge on any atom is -0.497 e. The largest absolute Gasteiger partial charge is 0.497 e. The topological polar surface area (TPSA) is 120 Å². The number of nitrogens with two attached hydrogens (primary N) is 1. The minimum absolute atomic E-state index is 0.0268. The van der Waals surface area contributed by atoms with Crippen LogP contribution >= 0.6 is 0 Å². The van der Waals surface area contributed by atoms with E-state index in [4.69, 9.17) is 15.2 Å². The number of amides is 1. The van der Waals surface area contributed by atoms with E-state index < -0.39 is 17.2 Å². The van der Waals surface area contributed by atoms with Crippen LogP contribution < -0.4 is 31.4 Å². The molecule has 30 heavy (non-hydrogen) atoms. The molecule has 0 aliphatic carbocycles. The number of nitrogens with one attached hydrogen (secondary N) is 1. The predicted molar refractivity (Wildman–Crippen MR) is 117 cm³/mol. The SMILES string of the molecule is CCCCn1c(N)c(N(CC(C)C)C(=O)c2cc(OC)cc(OC)c2)c(=O)[nH]c1=O. The van der Waals surface area contributed by atoms with Gasteiger partial charge in [0, 0.05) is 24.7 Å². The van der Waals surface area contributed by atoms with Gasteiger partial charge in [0.15, 0.2) is 5.69 Å². The van der Waals surface area contributed by atoms with Gasteiger partial charge in [-0.05, 0) is 24.5 Å². The van der Waals surface area contributed by atoms with Gasteiger partial charge >= 0.3 is 5.69 Å². The molecule has 1 aromatic heterocycles. The zero-order chi connectivity index (χ0) is 22.4. The third-order valence-corrected chi connectivity index (χ3v) is 4.61. The first-order chi connectivity index (χ1) is 14.2. The maximum Gasteiger partial charge on any atom is 0.330 e. The number of nitrogen functional groups attached to an aromatic ring is 1. The molecule has 1 aromatic carbocycles. The second-order valence-electron chi connectivity index (χ2n) is 7.41. The van der Waals surface area contributed by atoms with Gasteiger partial charge < -0.3 is 20.1 Å². The van der Waals surface area contributed by atoms with Crippen LogP contribution in [0.3, 0.4) is 0 Å². The number of H-pyrrole nitrogens is 1. The standard InChI is InChI=1S/C21H30N4O5/c1-6-7-8-24-18(22)17(19(26)23-21(24)28)25(12-13(2)3)20(27)14-9-15(29-4)11-16(10-14)30-5/h9-11,13H,6-8,12,22H2,1-5H3,(H,23,26,28). The second-order valence-corrected chi connectivity index (χ2v) is 7.41. The lowest BCUT2D eigenvalue weighted by Gasteiger charge is -2.26. The van der Waals surface area contributed by atoms with Gasteiger partial charge in [-0.3, -0.25) is 19.1 Å². The Labute approximate surface area is 175 Å². The number of carbonyl (C=O) groups excluding carboxylic acids is 1. The Kier molecular flexibility index (Phi) is 7.68. The average molecular weight is 418 g/mol. The van der Waals surface area contributed by atoms with Crippen LogP contribution in [0.25, 0.3) is 0 Å². The third-order valence-electron chi connectivity index (χ3n) is 4.61. The molecule has 164 valence electrons. The van der Waals surface area contributed by atoms with Crippen molar-refractivity contribution in [1.29, 1.82) is 0 Å². The molecule has 9 nitrogen and oxygen atoms in total. The quantitative estimate of drug-likeness (QED) is 0.644. The highest BCUT2D eigenvalue weighted by atomic mass is 16.5. The van der Waals surface area contributed by atoms with Crippen molar-refractivity contribution in [2.45, 2.75) is 40.2 Å². The summed E-state index contributed by atoms with van der Waals surface area (Å²) in [5, 5.41) is 0. The summed E-state index contributed by atoms with van der Waals surface area (Å²) in [4.78, 5) is 42.0. The molecule has 0 spiro atoms. The van der Waals surface area contributed by atoms with E-state index in [-0.39, 0.29) is 29.5 Å². The molecule has 9 heteroatoms. The molecule has 0 unspecified atom stereocenters. The predicted octanol–water partition coefficient (Wildman–Crippen LogP) is 2.24. The smallest absolute Gasteiger partial charge is 0.330 e. The number of anilines is 2. The van der Waals surface area contributed by atoms with E-state index in [0.29, 0.717) is 24.5 Å². The molecule has 2 rings (SSSR count). The number of hydrogen-bond donors (Lipinski definition) is 2. The first-order valence-corrected chi connectivity index (χ1v) is 9.90. The fourth-order valence-corrected chi connectivity index (χ4v) is 3.10. The Morgan fingerprint density at radius 3 is 2.27 bits per heavy atom. The van der Waals surface area contributed by atoms with E-state index in [9.17, 15) is 14.4 Å². The fourth-order valence-electron chi connectivity index (χ4n) is 3.10. The Bertz CT molecular complexity index is 987. The normalized spacial score (nSPS) is 10.9. The van der Waals surface area contributed by atoms with Crippen molar-refractivity contribution in [3.8, 4) is 11.5 Å². The van der Waals surface area contributed by atoms with Crippen LogP contribution in [0.5, 0.6) is 11.5 Å². The van der Waals surface area contributed by atoms with Crippen LogP contribution in [0.1, 0.15) is 44.0 Å². The van der Waals surface area contributed by atoms with Crippen molar-refractivity contribution < 1.29 is 14.3 Å². The number of aromatic nitrogens is 2. The van der Waals surface area contributed by atoms with Gasteiger partial charge in [-0.1, -0.05) is 27.2 Å². The van der Waals surface area contributed by atoms with E-state index in [1.807, 2.05) is 20.8 Å². The Morgan fingerprint density at radius 1 is 1.17 bits per heavy atom. The van der Waals surface area contributed by atoms with Gasteiger partial charge in [-0.25, -0.2) is 4.79 Å². The molecule has 3 N–H and O–H groups in total. The van der Waals surface area contributed by atoms with E-state index in [1.54, 1.807) is 18.2 Å². The lowest BCUT2D eigenvalue weighted by Crippen LogP contribution is -2.42. The van der Waals surface area contributed by atoms with Crippen LogP contribution in [0, 0.1) is 5.92 Å². The molecule has 1 amide bonds. The number of benzene rings is 1. The highest BCUT2D eigenvalue weighted by molar-refractivity contribution is 6.07. The molecule has 0 fully saturated rings. The van der Waals surface area contributed by atoms with Crippen molar-refractivity contribution in [2.75, 3.05) is 31.4 Å². The lowest BCUT2D eigenvalue weighted by molar-refractivity contribution is 0.0982. The van der Waals surface area contributed by atoms with Crippen LogP contribution in [0.2, 0.25) is 0 Å². The van der Waals surface area contributed by atoms with Gasteiger partial charge in [0.25, 0.3) is 11.5 Å². The van der Waals surface area contributed by atoms with Crippen molar-refractivity contribution in [3.05, 3.63) is 44.6 Å². The van der Waals surface area contributed by atoms with Crippen molar-refractivity contribution in [1.82, 2.24) is 9.55 Å². The Hall–Kier alpha value is -3.23. The van der Waals surface area contributed by atoms with Crippen LogP contribution in [-0.4, -0.2) is 36.2 Å². The molecule has 2 aromatic rings. The summed E-state index contributed by atoms with van der Waals surface area (Å²) in [6.45, 7) is 6.41. The average Bonchev–Trinajstić information content (AvgIpc) is 2.71. The van der Waals surface area contributed by atoms with Crippen molar-refractivity contribution in [2.24, 2.45) is 5.92 Å². The Balaban J connectivity index is 2.65. The first kappa shape index (κ1) is 23.1. The van der Waals surface area contributed by atoms with E-state index in [2.05, 4.69) is 4.98 Å². The third kappa shape index (κ3) is 5.03.